The van der Waals surface area contributed by atoms with E-state index in [1.165, 1.54) is 0 Å². The van der Waals surface area contributed by atoms with Gasteiger partial charge in [0.25, 0.3) is 0 Å². The van der Waals surface area contributed by atoms with E-state index in [1.54, 1.807) is 0 Å². The van der Waals surface area contributed by atoms with Gasteiger partial charge in [0.15, 0.2) is 0 Å². The average Bonchev–Trinajstić information content (AvgIpc) is 3.27. The molecule has 2 heterocycles. The van der Waals surface area contributed by atoms with Crippen LogP contribution in [0.15, 0.2) is 11.6 Å². The SMILES string of the molecule is CC12B3OC(CN)C1=CC1C(F)C1C2OCC1(CC1O)O3. The molecule has 3 N–H and O–H groups in total. The lowest BCUT2D eigenvalue weighted by Gasteiger charge is -2.36. The van der Waals surface area contributed by atoms with Crippen molar-refractivity contribution in [1.29, 1.82) is 0 Å². The van der Waals surface area contributed by atoms with E-state index < -0.39 is 30.3 Å². The maximum Gasteiger partial charge on any atom is 0.471 e. The van der Waals surface area contributed by atoms with Gasteiger partial charge in [-0.2, -0.15) is 0 Å². The fourth-order valence-electron chi connectivity index (χ4n) is 4.57. The van der Waals surface area contributed by atoms with Crippen molar-refractivity contribution in [3.63, 3.8) is 0 Å². The molecule has 0 bridgehead atoms. The quantitative estimate of drug-likeness (QED) is 0.527. The molecule has 0 aromatic carbocycles. The molecule has 2 aliphatic heterocycles. The standard InChI is InChI=1S/C14H19BFNO4/c1-13-7-2-6-10(11(6)16)12(13)19-5-14(3-9(14)18)21-15(13)20-8(7)4-17/h2,6,8-12,18H,3-5,17H2,1H3. The molecule has 0 aromatic rings. The van der Waals surface area contributed by atoms with Gasteiger partial charge >= 0.3 is 7.12 Å². The normalized spacial score (nSPS) is 60.2. The number of allylic oxidation sites excluding steroid dienone is 1. The molecule has 2 saturated heterocycles. The van der Waals surface area contributed by atoms with Crippen LogP contribution in [0.5, 0.6) is 0 Å². The number of rotatable bonds is 1. The molecule has 2 saturated carbocycles. The largest absolute Gasteiger partial charge is 0.471 e. The third-order valence-electron chi connectivity index (χ3n) is 6.15. The first-order chi connectivity index (χ1) is 10.0. The predicted molar refractivity (Wildman–Crippen MR) is 72.2 cm³/mol. The van der Waals surface area contributed by atoms with Crippen molar-refractivity contribution >= 4 is 7.12 Å². The molecule has 5 rings (SSSR count). The highest BCUT2D eigenvalue weighted by Gasteiger charge is 2.74. The highest BCUT2D eigenvalue weighted by molar-refractivity contribution is 6.52. The summed E-state index contributed by atoms with van der Waals surface area (Å²) in [5.74, 6) is -0.191. The molecule has 5 nitrogen and oxygen atoms in total. The van der Waals surface area contributed by atoms with E-state index in [0.29, 0.717) is 19.6 Å². The second-order valence-electron chi connectivity index (χ2n) is 7.33. The molecule has 0 radical (unpaired) electrons. The fourth-order valence-corrected chi connectivity index (χ4v) is 4.57. The van der Waals surface area contributed by atoms with Gasteiger partial charge in [-0.1, -0.05) is 13.0 Å². The Morgan fingerprint density at radius 2 is 2.33 bits per heavy atom. The Bertz CT molecular complexity index is 547. The number of hydrogen-bond donors (Lipinski definition) is 2. The Morgan fingerprint density at radius 3 is 3.00 bits per heavy atom. The van der Waals surface area contributed by atoms with Crippen LogP contribution in [0, 0.1) is 11.8 Å². The number of aliphatic hydroxyl groups is 1. The third kappa shape index (κ3) is 1.40. The summed E-state index contributed by atoms with van der Waals surface area (Å²) in [5.41, 5.74) is 6.17. The molecule has 0 aromatic heterocycles. The monoisotopic (exact) mass is 295 g/mol. The van der Waals surface area contributed by atoms with Crippen molar-refractivity contribution in [2.75, 3.05) is 13.2 Å². The lowest BCUT2D eigenvalue weighted by molar-refractivity contribution is -0.0346. The van der Waals surface area contributed by atoms with Gasteiger partial charge in [-0.25, -0.2) is 4.39 Å². The van der Waals surface area contributed by atoms with Gasteiger partial charge in [-0.15, -0.1) is 0 Å². The van der Waals surface area contributed by atoms with E-state index in [4.69, 9.17) is 19.8 Å². The van der Waals surface area contributed by atoms with Crippen LogP contribution in [0.3, 0.4) is 0 Å². The summed E-state index contributed by atoms with van der Waals surface area (Å²) in [6, 6.07) is 0. The number of nitrogens with two attached hydrogens (primary N) is 1. The summed E-state index contributed by atoms with van der Waals surface area (Å²) in [5, 5.41) is 9.39. The zero-order valence-electron chi connectivity index (χ0n) is 11.9. The number of alkyl halides is 1. The van der Waals surface area contributed by atoms with E-state index in [2.05, 4.69) is 0 Å². The molecule has 21 heavy (non-hydrogen) atoms. The minimum absolute atomic E-state index is 0.0762. The second kappa shape index (κ2) is 3.71. The van der Waals surface area contributed by atoms with Gasteiger partial charge in [-0.3, -0.25) is 0 Å². The van der Waals surface area contributed by atoms with Gasteiger partial charge in [0.2, 0.25) is 0 Å². The molecular weight excluding hydrogens is 276 g/mol. The van der Waals surface area contributed by atoms with Crippen LogP contribution in [-0.4, -0.2) is 55.5 Å². The minimum atomic E-state index is -0.845. The molecule has 8 atom stereocenters. The third-order valence-corrected chi connectivity index (χ3v) is 6.15. The van der Waals surface area contributed by atoms with E-state index in [9.17, 15) is 9.50 Å². The van der Waals surface area contributed by atoms with Crippen molar-refractivity contribution in [1.82, 2.24) is 0 Å². The molecule has 1 spiro atoms. The zero-order valence-corrected chi connectivity index (χ0v) is 11.9. The lowest BCUT2D eigenvalue weighted by Crippen LogP contribution is -2.42. The van der Waals surface area contributed by atoms with Gasteiger partial charge < -0.3 is 24.9 Å². The van der Waals surface area contributed by atoms with Gasteiger partial charge in [0.1, 0.15) is 11.8 Å². The first-order valence-corrected chi connectivity index (χ1v) is 7.70. The van der Waals surface area contributed by atoms with Crippen molar-refractivity contribution in [2.24, 2.45) is 17.6 Å². The van der Waals surface area contributed by atoms with E-state index >= 15 is 0 Å². The molecule has 5 aliphatic rings. The summed E-state index contributed by atoms with van der Waals surface area (Å²) in [4.78, 5) is 0. The topological polar surface area (TPSA) is 73.9 Å². The highest BCUT2D eigenvalue weighted by atomic mass is 19.1. The molecule has 4 fully saturated rings. The Balaban J connectivity index is 1.60. The number of halogens is 1. The van der Waals surface area contributed by atoms with Crippen molar-refractivity contribution < 1.29 is 23.5 Å². The van der Waals surface area contributed by atoms with Crippen molar-refractivity contribution in [3.05, 3.63) is 11.6 Å². The van der Waals surface area contributed by atoms with E-state index in [0.717, 1.165) is 5.57 Å². The van der Waals surface area contributed by atoms with Crippen LogP contribution < -0.4 is 5.73 Å². The van der Waals surface area contributed by atoms with Crippen molar-refractivity contribution in [3.8, 4) is 0 Å². The first-order valence-electron chi connectivity index (χ1n) is 7.70. The summed E-state index contributed by atoms with van der Waals surface area (Å²) in [6.07, 6.45) is 0.677. The van der Waals surface area contributed by atoms with Gasteiger partial charge in [0.05, 0.1) is 30.2 Å². The Hall–Kier alpha value is -0.465. The summed E-state index contributed by atoms with van der Waals surface area (Å²) >= 11 is 0. The first kappa shape index (κ1) is 13.0. The maximum absolute atomic E-state index is 14.1. The van der Waals surface area contributed by atoms with Crippen LogP contribution in [0.25, 0.3) is 0 Å². The summed E-state index contributed by atoms with van der Waals surface area (Å²) in [6.45, 7) is 2.68. The van der Waals surface area contributed by atoms with Crippen LogP contribution in [0.4, 0.5) is 4.39 Å². The summed E-state index contributed by atoms with van der Waals surface area (Å²) < 4.78 is 32.3. The smallest absolute Gasteiger partial charge is 0.403 e. The fraction of sp³-hybridized carbons (Fsp3) is 0.857. The predicted octanol–water partition coefficient (Wildman–Crippen LogP) is 0.0353. The number of fused-ring (bicyclic) bond motifs is 2. The van der Waals surface area contributed by atoms with Crippen LogP contribution in [-0.2, 0) is 14.0 Å². The Morgan fingerprint density at radius 1 is 1.57 bits per heavy atom. The second-order valence-corrected chi connectivity index (χ2v) is 7.33. The molecular formula is C14H19BFNO4. The Kier molecular flexibility index (Phi) is 2.30. The van der Waals surface area contributed by atoms with Crippen molar-refractivity contribution in [2.45, 2.75) is 48.7 Å². The Labute approximate surface area is 122 Å². The number of ether oxygens (including phenoxy) is 1. The van der Waals surface area contributed by atoms with E-state index in [-0.39, 0.29) is 24.0 Å². The number of aliphatic hydroxyl groups excluding tert-OH is 1. The molecule has 8 unspecified atom stereocenters. The van der Waals surface area contributed by atoms with Crippen LogP contribution in [0.1, 0.15) is 13.3 Å². The average molecular weight is 295 g/mol. The maximum atomic E-state index is 14.1. The lowest BCUT2D eigenvalue weighted by atomic mass is 9.51. The minimum Gasteiger partial charge on any atom is -0.403 e. The molecule has 114 valence electrons. The molecule has 0 amide bonds. The number of hydrogen-bond acceptors (Lipinski definition) is 5. The van der Waals surface area contributed by atoms with Crippen LogP contribution in [0.2, 0.25) is 5.31 Å². The highest BCUT2D eigenvalue weighted by Crippen LogP contribution is 2.67. The van der Waals surface area contributed by atoms with Gasteiger partial charge in [-0.05, 0) is 5.57 Å². The van der Waals surface area contributed by atoms with Crippen LogP contribution >= 0.6 is 0 Å². The molecule has 7 heteroatoms. The zero-order chi connectivity index (χ0) is 14.6. The van der Waals surface area contributed by atoms with E-state index in [1.807, 2.05) is 13.0 Å². The molecule has 3 aliphatic carbocycles. The van der Waals surface area contributed by atoms with Gasteiger partial charge in [0, 0.05) is 24.8 Å². The summed E-state index contributed by atoms with van der Waals surface area (Å²) in [7, 11) is -0.518.